The summed E-state index contributed by atoms with van der Waals surface area (Å²) in [5.74, 6) is 0.624. The smallest absolute Gasteiger partial charge is 0.227 e. The molecule has 12 aromatic rings. The number of furan rings is 2. The number of anilines is 3. The Morgan fingerprint density at radius 2 is 1.05 bits per heavy atom. The minimum atomic E-state index is 0.624. The number of benzene rings is 8. The van der Waals surface area contributed by atoms with Crippen molar-refractivity contribution in [2.45, 2.75) is 0 Å². The van der Waals surface area contributed by atoms with E-state index < -0.39 is 0 Å². The predicted molar refractivity (Wildman–Crippen MR) is 227 cm³/mol. The third kappa shape index (κ3) is 4.68. The average molecular weight is 725 g/mol. The molecule has 0 spiro atoms. The van der Waals surface area contributed by atoms with Crippen LogP contribution in [0.15, 0.2) is 183 Å². The Balaban J connectivity index is 1.04. The summed E-state index contributed by atoms with van der Waals surface area (Å²) < 4.78 is 21.6. The lowest BCUT2D eigenvalue weighted by atomic mass is 10.0. The Labute approximate surface area is 317 Å². The topological polar surface area (TPSA) is 55.6 Å². The Morgan fingerprint density at radius 3 is 1.87 bits per heavy atom. The maximum atomic E-state index is 6.55. The molecule has 0 unspecified atom stereocenters. The second-order valence-corrected chi connectivity index (χ2v) is 15.0. The molecule has 12 rings (SSSR count). The molecule has 258 valence electrons. The molecule has 0 radical (unpaired) electrons. The highest BCUT2D eigenvalue weighted by Crippen LogP contribution is 2.46. The van der Waals surface area contributed by atoms with Crippen molar-refractivity contribution in [1.29, 1.82) is 0 Å². The molecule has 55 heavy (non-hydrogen) atoms. The van der Waals surface area contributed by atoms with Crippen molar-refractivity contribution < 1.29 is 13.3 Å². The number of thiophene rings is 1. The molecule has 5 nitrogen and oxygen atoms in total. The summed E-state index contributed by atoms with van der Waals surface area (Å²) in [4.78, 5) is 7.32. The Bertz CT molecular complexity index is 3440. The van der Waals surface area contributed by atoms with Gasteiger partial charge in [-0.05, 0) is 84.4 Å². The number of oxazole rings is 1. The van der Waals surface area contributed by atoms with Crippen LogP contribution in [0.25, 0.3) is 97.7 Å². The summed E-state index contributed by atoms with van der Waals surface area (Å²) in [5, 5.41) is 6.65. The van der Waals surface area contributed by atoms with Crippen LogP contribution in [0.4, 0.5) is 17.1 Å². The molecule has 0 aliphatic heterocycles. The molecule has 8 aromatic carbocycles. The van der Waals surface area contributed by atoms with E-state index >= 15 is 0 Å². The first kappa shape index (κ1) is 30.3. The number of rotatable bonds is 5. The van der Waals surface area contributed by atoms with Gasteiger partial charge in [-0.15, -0.1) is 11.3 Å². The molecule has 0 amide bonds. The molecule has 0 saturated heterocycles. The van der Waals surface area contributed by atoms with Crippen LogP contribution < -0.4 is 4.90 Å². The lowest BCUT2D eigenvalue weighted by molar-refractivity contribution is 0.623. The van der Waals surface area contributed by atoms with Crippen molar-refractivity contribution in [1.82, 2.24) is 4.98 Å². The standard InChI is InChI=1S/C49H28N2O3S/c1-2-10-30(11-3-1)49-50-40-28-38(48-46(47(40)54-49)37-14-6-9-17-45(37)55-48)29-18-20-31(21-19-29)51(32-23-25-43-39(26-32)35-13-5-8-16-42(35)52-43)33-22-24-36-34-12-4-7-15-41(34)53-44(36)27-33/h1-28H. The van der Waals surface area contributed by atoms with Crippen molar-refractivity contribution in [3.05, 3.63) is 170 Å². The van der Waals surface area contributed by atoms with Crippen molar-refractivity contribution in [3.63, 3.8) is 0 Å². The summed E-state index contributed by atoms with van der Waals surface area (Å²) >= 11 is 1.80. The number of fused-ring (bicyclic) bond motifs is 11. The van der Waals surface area contributed by atoms with E-state index in [9.17, 15) is 0 Å². The number of para-hydroxylation sites is 2. The van der Waals surface area contributed by atoms with Crippen molar-refractivity contribution >= 4 is 104 Å². The van der Waals surface area contributed by atoms with Gasteiger partial charge >= 0.3 is 0 Å². The van der Waals surface area contributed by atoms with Gasteiger partial charge in [0.25, 0.3) is 0 Å². The van der Waals surface area contributed by atoms with Gasteiger partial charge in [0.15, 0.2) is 5.58 Å². The molecule has 4 heterocycles. The molecule has 4 aromatic heterocycles. The third-order valence-corrected chi connectivity index (χ3v) is 11.9. The zero-order valence-corrected chi connectivity index (χ0v) is 30.0. The quantitative estimate of drug-likeness (QED) is 0.177. The van der Waals surface area contributed by atoms with Crippen LogP contribution in [-0.4, -0.2) is 4.98 Å². The largest absolute Gasteiger partial charge is 0.456 e. The summed E-state index contributed by atoms with van der Waals surface area (Å²) in [5.41, 5.74) is 11.4. The number of hydrogen-bond acceptors (Lipinski definition) is 6. The van der Waals surface area contributed by atoms with Gasteiger partial charge in [0.1, 0.15) is 27.8 Å². The van der Waals surface area contributed by atoms with Crippen LogP contribution in [0, 0.1) is 0 Å². The molecule has 6 heteroatoms. The van der Waals surface area contributed by atoms with Crippen LogP contribution in [0.3, 0.4) is 0 Å². The Hall–Kier alpha value is -7.15. The highest BCUT2D eigenvalue weighted by Gasteiger charge is 2.21. The van der Waals surface area contributed by atoms with E-state index in [1.165, 1.54) is 14.8 Å². The highest BCUT2D eigenvalue weighted by atomic mass is 32.1. The normalized spacial score (nSPS) is 12.0. The SMILES string of the molecule is c1ccc(-c2nc3cc(-c4ccc(N(c5ccc6c(c5)oc5ccccc56)c5ccc6oc7ccccc7c6c5)cc4)c4sc5ccccc5c4c3o2)cc1. The molecule has 0 fully saturated rings. The number of hydrogen-bond donors (Lipinski definition) is 0. The first-order valence-corrected chi connectivity index (χ1v) is 19.1. The summed E-state index contributed by atoms with van der Waals surface area (Å²) in [6.07, 6.45) is 0. The molecular formula is C49H28N2O3S. The van der Waals surface area contributed by atoms with Gasteiger partial charge in [0, 0.05) is 76.0 Å². The van der Waals surface area contributed by atoms with E-state index in [0.717, 1.165) is 94.1 Å². The molecule has 0 saturated carbocycles. The zero-order chi connectivity index (χ0) is 36.0. The van der Waals surface area contributed by atoms with Gasteiger partial charge in [-0.1, -0.05) is 84.9 Å². The fourth-order valence-corrected chi connectivity index (χ4v) is 9.37. The monoisotopic (exact) mass is 724 g/mol. The van der Waals surface area contributed by atoms with Gasteiger partial charge in [0.2, 0.25) is 5.89 Å². The maximum absolute atomic E-state index is 6.55. The second-order valence-electron chi connectivity index (χ2n) is 13.9. The van der Waals surface area contributed by atoms with Crippen molar-refractivity contribution in [2.24, 2.45) is 0 Å². The minimum Gasteiger partial charge on any atom is -0.456 e. The van der Waals surface area contributed by atoms with Gasteiger partial charge in [-0.25, -0.2) is 4.98 Å². The number of aromatic nitrogens is 1. The van der Waals surface area contributed by atoms with Crippen LogP contribution in [-0.2, 0) is 0 Å². The van der Waals surface area contributed by atoms with Crippen molar-refractivity contribution in [2.75, 3.05) is 4.90 Å². The van der Waals surface area contributed by atoms with E-state index in [0.29, 0.717) is 5.89 Å². The molecule has 0 bridgehead atoms. The number of nitrogens with zero attached hydrogens (tertiary/aromatic N) is 2. The van der Waals surface area contributed by atoms with Gasteiger partial charge in [-0.2, -0.15) is 0 Å². The Kier molecular flexibility index (Phi) is 6.44. The molecular weight excluding hydrogens is 697 g/mol. The Morgan fingerprint density at radius 1 is 0.436 bits per heavy atom. The molecule has 0 N–H and O–H groups in total. The summed E-state index contributed by atoms with van der Waals surface area (Å²) in [6, 6.07) is 59.0. The first-order chi connectivity index (χ1) is 27.2. The first-order valence-electron chi connectivity index (χ1n) is 18.3. The molecule has 0 aliphatic carbocycles. The van der Waals surface area contributed by atoms with Crippen molar-refractivity contribution in [3.8, 4) is 22.6 Å². The van der Waals surface area contributed by atoms with Gasteiger partial charge in [-0.3, -0.25) is 0 Å². The fourth-order valence-electron chi connectivity index (χ4n) is 8.13. The zero-order valence-electron chi connectivity index (χ0n) is 29.2. The van der Waals surface area contributed by atoms with E-state index in [1.807, 2.05) is 54.6 Å². The van der Waals surface area contributed by atoms with E-state index in [1.54, 1.807) is 11.3 Å². The van der Waals surface area contributed by atoms with E-state index in [-0.39, 0.29) is 0 Å². The third-order valence-electron chi connectivity index (χ3n) is 10.7. The van der Waals surface area contributed by atoms with Gasteiger partial charge < -0.3 is 18.2 Å². The van der Waals surface area contributed by atoms with Gasteiger partial charge in [0.05, 0.1) is 0 Å². The van der Waals surface area contributed by atoms with Crippen LogP contribution >= 0.6 is 11.3 Å². The van der Waals surface area contributed by atoms with Crippen LogP contribution in [0.2, 0.25) is 0 Å². The average Bonchev–Trinajstić information content (AvgIpc) is 4.02. The molecule has 0 atom stereocenters. The summed E-state index contributed by atoms with van der Waals surface area (Å²) in [6.45, 7) is 0. The van der Waals surface area contributed by atoms with E-state index in [4.69, 9.17) is 18.2 Å². The minimum absolute atomic E-state index is 0.624. The van der Waals surface area contributed by atoms with Crippen LogP contribution in [0.5, 0.6) is 0 Å². The maximum Gasteiger partial charge on any atom is 0.227 e. The lowest BCUT2D eigenvalue weighted by Crippen LogP contribution is -2.09. The lowest BCUT2D eigenvalue weighted by Gasteiger charge is -2.26. The second kappa shape index (κ2) is 11.7. The fraction of sp³-hybridized carbons (Fsp3) is 0. The van der Waals surface area contributed by atoms with E-state index in [2.05, 4.69) is 120 Å². The summed E-state index contributed by atoms with van der Waals surface area (Å²) in [7, 11) is 0. The van der Waals surface area contributed by atoms with Crippen LogP contribution in [0.1, 0.15) is 0 Å². The molecule has 0 aliphatic rings. The highest BCUT2D eigenvalue weighted by molar-refractivity contribution is 7.26. The predicted octanol–water partition coefficient (Wildman–Crippen LogP) is 14.8.